The summed E-state index contributed by atoms with van der Waals surface area (Å²) < 4.78 is 0. The average molecular weight is 231 g/mol. The van der Waals surface area contributed by atoms with Crippen LogP contribution >= 0.6 is 0 Å². The second-order valence-corrected chi connectivity index (χ2v) is 4.16. The molecule has 0 aliphatic heterocycles. The molecule has 1 aromatic heterocycles. The zero-order valence-corrected chi connectivity index (χ0v) is 10.2. The first-order valence-corrected chi connectivity index (χ1v) is 5.88. The number of fused-ring (bicyclic) bond motifs is 1. The zero-order chi connectivity index (χ0) is 12.3. The monoisotopic (exact) mass is 231 g/mol. The Morgan fingerprint density at radius 3 is 3.06 bits per heavy atom. The van der Waals surface area contributed by atoms with Crippen LogP contribution in [0.1, 0.15) is 23.7 Å². The van der Waals surface area contributed by atoms with Crippen LogP contribution in [-0.2, 0) is 0 Å². The van der Waals surface area contributed by atoms with E-state index in [9.17, 15) is 4.79 Å². The Morgan fingerprint density at radius 1 is 1.53 bits per heavy atom. The summed E-state index contributed by atoms with van der Waals surface area (Å²) in [5, 5.41) is 3.06. The van der Waals surface area contributed by atoms with Crippen LogP contribution < -0.4 is 5.32 Å². The highest BCUT2D eigenvalue weighted by Crippen LogP contribution is 2.16. The van der Waals surface area contributed by atoms with Crippen molar-refractivity contribution in [2.24, 2.45) is 5.92 Å². The number of benzene rings is 1. The van der Waals surface area contributed by atoms with Crippen molar-refractivity contribution < 1.29 is 4.79 Å². The molecule has 1 aromatic carbocycles. The van der Waals surface area contributed by atoms with E-state index in [1.807, 2.05) is 32.2 Å². The summed E-state index contributed by atoms with van der Waals surface area (Å²) in [6.07, 6.45) is 2.49. The minimum Gasteiger partial charge on any atom is -0.345 e. The number of aromatic nitrogens is 2. The second-order valence-electron chi connectivity index (χ2n) is 4.16. The van der Waals surface area contributed by atoms with Gasteiger partial charge >= 0.3 is 0 Å². The molecule has 1 atom stereocenters. The Labute approximate surface area is 100 Å². The molecular formula is C13H17N3O. The van der Waals surface area contributed by atoms with Crippen molar-refractivity contribution in [3.8, 4) is 0 Å². The second kappa shape index (κ2) is 5.10. The quantitative estimate of drug-likeness (QED) is 0.774. The van der Waals surface area contributed by atoms with Crippen molar-refractivity contribution in [1.82, 2.24) is 15.3 Å². The summed E-state index contributed by atoms with van der Waals surface area (Å²) in [5.74, 6) is 0.235. The number of Topliss-reactive ketones (excluding diaryl/α,β-unsaturated/α-hetero) is 1. The van der Waals surface area contributed by atoms with Crippen molar-refractivity contribution in [2.45, 2.75) is 13.3 Å². The Hall–Kier alpha value is -1.68. The summed E-state index contributed by atoms with van der Waals surface area (Å²) in [5.41, 5.74) is 2.56. The average Bonchev–Trinajstić information content (AvgIpc) is 2.82. The molecule has 0 bridgehead atoms. The Kier molecular flexibility index (Phi) is 3.54. The minimum atomic E-state index is 0.0420. The number of imidazole rings is 1. The van der Waals surface area contributed by atoms with Gasteiger partial charge in [-0.05, 0) is 31.7 Å². The predicted molar refractivity (Wildman–Crippen MR) is 68.1 cm³/mol. The highest BCUT2D eigenvalue weighted by atomic mass is 16.1. The molecule has 4 nitrogen and oxygen atoms in total. The fourth-order valence-electron chi connectivity index (χ4n) is 1.99. The van der Waals surface area contributed by atoms with E-state index in [2.05, 4.69) is 15.3 Å². The Bertz CT molecular complexity index is 518. The summed E-state index contributed by atoms with van der Waals surface area (Å²) in [4.78, 5) is 19.4. The molecule has 2 N–H and O–H groups in total. The number of nitrogens with one attached hydrogen (secondary N) is 2. The van der Waals surface area contributed by atoms with E-state index in [1.165, 1.54) is 0 Å². The standard InChI is InChI=1S/C13H17N3O/c1-3-9(7-14-2)13(17)10-4-5-11-12(6-10)16-8-15-11/h4-6,8-9,14H,3,7H2,1-2H3,(H,15,16). The summed E-state index contributed by atoms with van der Waals surface area (Å²) in [7, 11) is 1.87. The number of H-pyrrole nitrogens is 1. The van der Waals surface area contributed by atoms with Crippen molar-refractivity contribution in [3.05, 3.63) is 30.1 Å². The lowest BCUT2D eigenvalue weighted by Crippen LogP contribution is -2.25. The van der Waals surface area contributed by atoms with Gasteiger partial charge in [-0.25, -0.2) is 4.98 Å². The molecule has 2 rings (SSSR count). The molecular weight excluding hydrogens is 214 g/mol. The lowest BCUT2D eigenvalue weighted by Gasteiger charge is -2.12. The number of nitrogens with zero attached hydrogens (tertiary/aromatic N) is 1. The van der Waals surface area contributed by atoms with Crippen molar-refractivity contribution in [1.29, 1.82) is 0 Å². The topological polar surface area (TPSA) is 57.8 Å². The van der Waals surface area contributed by atoms with E-state index in [0.29, 0.717) is 0 Å². The van der Waals surface area contributed by atoms with Gasteiger partial charge in [-0.15, -0.1) is 0 Å². The maximum Gasteiger partial charge on any atom is 0.167 e. The Morgan fingerprint density at radius 2 is 2.35 bits per heavy atom. The Balaban J connectivity index is 2.28. The first-order valence-electron chi connectivity index (χ1n) is 5.88. The molecule has 1 unspecified atom stereocenters. The molecule has 0 saturated heterocycles. The number of carbonyl (C=O) groups is 1. The van der Waals surface area contributed by atoms with Gasteiger partial charge in [0.05, 0.1) is 17.4 Å². The molecule has 0 radical (unpaired) electrons. The smallest absolute Gasteiger partial charge is 0.167 e. The SMILES string of the molecule is CCC(CNC)C(=O)c1ccc2nc[nH]c2c1. The largest absolute Gasteiger partial charge is 0.345 e. The molecule has 4 heteroatoms. The predicted octanol–water partition coefficient (Wildman–Crippen LogP) is 1.99. The van der Waals surface area contributed by atoms with E-state index >= 15 is 0 Å². The van der Waals surface area contributed by atoms with Gasteiger partial charge < -0.3 is 10.3 Å². The highest BCUT2D eigenvalue weighted by Gasteiger charge is 2.17. The van der Waals surface area contributed by atoms with Gasteiger partial charge in [0.1, 0.15) is 0 Å². The molecule has 0 amide bonds. The number of hydrogen-bond acceptors (Lipinski definition) is 3. The van der Waals surface area contributed by atoms with Gasteiger partial charge in [-0.3, -0.25) is 4.79 Å². The van der Waals surface area contributed by atoms with Crippen LogP contribution in [0.15, 0.2) is 24.5 Å². The van der Waals surface area contributed by atoms with E-state index in [1.54, 1.807) is 6.33 Å². The van der Waals surface area contributed by atoms with Crippen molar-refractivity contribution in [3.63, 3.8) is 0 Å². The fourth-order valence-corrected chi connectivity index (χ4v) is 1.99. The lowest BCUT2D eigenvalue weighted by molar-refractivity contribution is 0.0917. The van der Waals surface area contributed by atoms with Crippen LogP contribution in [0.3, 0.4) is 0 Å². The van der Waals surface area contributed by atoms with Crippen LogP contribution in [0.2, 0.25) is 0 Å². The van der Waals surface area contributed by atoms with E-state index in [4.69, 9.17) is 0 Å². The van der Waals surface area contributed by atoms with Crippen LogP contribution in [0.5, 0.6) is 0 Å². The normalized spacial score (nSPS) is 12.8. The third-order valence-electron chi connectivity index (χ3n) is 3.02. The molecule has 0 fully saturated rings. The molecule has 17 heavy (non-hydrogen) atoms. The number of rotatable bonds is 5. The van der Waals surface area contributed by atoms with E-state index in [0.717, 1.165) is 29.6 Å². The van der Waals surface area contributed by atoms with Gasteiger partial charge in [0.25, 0.3) is 0 Å². The molecule has 0 aliphatic carbocycles. The molecule has 0 saturated carbocycles. The fraction of sp³-hybridized carbons (Fsp3) is 0.385. The van der Waals surface area contributed by atoms with Gasteiger partial charge in [0.15, 0.2) is 5.78 Å². The number of aromatic amines is 1. The third-order valence-corrected chi connectivity index (χ3v) is 3.02. The van der Waals surface area contributed by atoms with Crippen molar-refractivity contribution >= 4 is 16.8 Å². The maximum absolute atomic E-state index is 12.3. The van der Waals surface area contributed by atoms with Gasteiger partial charge in [-0.2, -0.15) is 0 Å². The van der Waals surface area contributed by atoms with Crippen LogP contribution in [0, 0.1) is 5.92 Å². The van der Waals surface area contributed by atoms with Crippen LogP contribution in [-0.4, -0.2) is 29.3 Å². The lowest BCUT2D eigenvalue weighted by atomic mass is 9.95. The first-order chi connectivity index (χ1) is 8.26. The summed E-state index contributed by atoms with van der Waals surface area (Å²) >= 11 is 0. The number of hydrogen-bond donors (Lipinski definition) is 2. The molecule has 0 spiro atoms. The third kappa shape index (κ3) is 2.36. The molecule has 1 heterocycles. The van der Waals surface area contributed by atoms with Gasteiger partial charge in [0.2, 0.25) is 0 Å². The van der Waals surface area contributed by atoms with Gasteiger partial charge in [0, 0.05) is 18.0 Å². The van der Waals surface area contributed by atoms with E-state index < -0.39 is 0 Å². The minimum absolute atomic E-state index is 0.0420. The molecule has 2 aromatic rings. The van der Waals surface area contributed by atoms with Crippen LogP contribution in [0.25, 0.3) is 11.0 Å². The maximum atomic E-state index is 12.3. The summed E-state index contributed by atoms with van der Waals surface area (Å²) in [6.45, 7) is 2.75. The van der Waals surface area contributed by atoms with Gasteiger partial charge in [-0.1, -0.05) is 6.92 Å². The van der Waals surface area contributed by atoms with Crippen molar-refractivity contribution in [2.75, 3.05) is 13.6 Å². The first kappa shape index (κ1) is 11.8. The van der Waals surface area contributed by atoms with E-state index in [-0.39, 0.29) is 11.7 Å². The highest BCUT2D eigenvalue weighted by molar-refractivity contribution is 6.00. The molecule has 0 aliphatic rings. The number of ketones is 1. The zero-order valence-electron chi connectivity index (χ0n) is 10.2. The summed E-state index contributed by atoms with van der Waals surface area (Å²) in [6, 6.07) is 5.61. The number of carbonyl (C=O) groups excluding carboxylic acids is 1. The molecule has 90 valence electrons. The van der Waals surface area contributed by atoms with Crippen LogP contribution in [0.4, 0.5) is 0 Å².